The Morgan fingerprint density at radius 1 is 1.19 bits per heavy atom. The average Bonchev–Trinajstić information content (AvgIpc) is 3.10. The van der Waals surface area contributed by atoms with E-state index in [1.54, 1.807) is 13.2 Å². The number of benzene rings is 2. The minimum Gasteiger partial charge on any atom is -0.497 e. The van der Waals surface area contributed by atoms with Gasteiger partial charge in [-0.15, -0.1) is 0 Å². The Morgan fingerprint density at radius 2 is 1.97 bits per heavy atom. The fourth-order valence-corrected chi connectivity index (χ4v) is 5.62. The third-order valence-corrected chi connectivity index (χ3v) is 7.35. The van der Waals surface area contributed by atoms with Gasteiger partial charge in [-0.3, -0.25) is 4.90 Å². The number of nitrogens with one attached hydrogen (secondary N) is 1. The van der Waals surface area contributed by atoms with Gasteiger partial charge in [0.15, 0.2) is 0 Å². The van der Waals surface area contributed by atoms with Crippen molar-refractivity contribution < 1.29 is 14.2 Å². The molecule has 5 rings (SSSR count). The molecule has 0 aliphatic carbocycles. The molecule has 0 saturated carbocycles. The number of halogens is 1. The molecule has 3 heterocycles. The number of aliphatic hydroxyl groups is 1. The summed E-state index contributed by atoms with van der Waals surface area (Å²) in [6.07, 6.45) is 2.01. The fraction of sp³-hybridized carbons (Fsp3) is 0.440. The van der Waals surface area contributed by atoms with Gasteiger partial charge in [0, 0.05) is 48.3 Å². The maximum atomic E-state index is 14.1. The second-order valence-electron chi connectivity index (χ2n) is 8.97. The Balaban J connectivity index is 1.49. The molecule has 1 aromatic heterocycles. The molecule has 0 unspecified atom stereocenters. The molecule has 0 bridgehead atoms. The molecule has 0 amide bonds. The summed E-state index contributed by atoms with van der Waals surface area (Å²) in [5, 5.41) is 14.9. The van der Waals surface area contributed by atoms with Gasteiger partial charge in [0.05, 0.1) is 25.3 Å². The number of ether oxygens (including phenoxy) is 1. The number of piperidine rings is 1. The predicted octanol–water partition coefficient (Wildman–Crippen LogP) is 3.50. The molecule has 1 atom stereocenters. The first-order valence-electron chi connectivity index (χ1n) is 11.0. The number of aryl methyl sites for hydroxylation is 1. The number of aromatic nitrogens is 1. The summed E-state index contributed by atoms with van der Waals surface area (Å²) >= 11 is 0. The van der Waals surface area contributed by atoms with Gasteiger partial charge in [0.25, 0.3) is 0 Å². The van der Waals surface area contributed by atoms with Crippen LogP contribution in [0.4, 0.5) is 4.39 Å². The van der Waals surface area contributed by atoms with E-state index in [9.17, 15) is 9.50 Å². The van der Waals surface area contributed by atoms with Crippen molar-refractivity contribution in [2.75, 3.05) is 33.4 Å². The Kier molecular flexibility index (Phi) is 5.24. The summed E-state index contributed by atoms with van der Waals surface area (Å²) in [5.41, 5.74) is 4.47. The van der Waals surface area contributed by atoms with E-state index in [0.29, 0.717) is 6.54 Å². The topological polar surface area (TPSA) is 49.7 Å². The molecular formula is C25H30FN3O2. The van der Waals surface area contributed by atoms with E-state index >= 15 is 0 Å². The van der Waals surface area contributed by atoms with Crippen molar-refractivity contribution in [1.82, 2.24) is 14.8 Å². The first kappa shape index (κ1) is 20.5. The van der Waals surface area contributed by atoms with Crippen molar-refractivity contribution >= 4 is 10.9 Å². The van der Waals surface area contributed by atoms with E-state index < -0.39 is 0 Å². The SMILES string of the molecule is COc1ccc2c3c(n(C)c2c1)[C@@H](CO)NCC31CCN(Cc2ccccc2F)CC1. The number of rotatable bonds is 4. The van der Waals surface area contributed by atoms with Crippen LogP contribution in [-0.4, -0.2) is 47.9 Å². The molecule has 0 radical (unpaired) electrons. The van der Waals surface area contributed by atoms with Crippen LogP contribution in [0.3, 0.4) is 0 Å². The molecule has 3 aromatic rings. The zero-order valence-electron chi connectivity index (χ0n) is 18.2. The molecular weight excluding hydrogens is 393 g/mol. The lowest BCUT2D eigenvalue weighted by Gasteiger charge is -2.46. The monoisotopic (exact) mass is 423 g/mol. The predicted molar refractivity (Wildman–Crippen MR) is 120 cm³/mol. The van der Waals surface area contributed by atoms with Crippen molar-refractivity contribution in [2.24, 2.45) is 7.05 Å². The summed E-state index contributed by atoms with van der Waals surface area (Å²) in [7, 11) is 3.77. The lowest BCUT2D eigenvalue weighted by molar-refractivity contribution is 0.130. The molecule has 2 aliphatic rings. The zero-order chi connectivity index (χ0) is 21.6. The normalized spacial score (nSPS) is 20.8. The highest BCUT2D eigenvalue weighted by Gasteiger charge is 2.44. The molecule has 164 valence electrons. The van der Waals surface area contributed by atoms with Crippen LogP contribution in [0.25, 0.3) is 10.9 Å². The number of aliphatic hydroxyl groups excluding tert-OH is 1. The Labute approximate surface area is 182 Å². The lowest BCUT2D eigenvalue weighted by atomic mass is 9.69. The maximum absolute atomic E-state index is 14.1. The van der Waals surface area contributed by atoms with Crippen molar-refractivity contribution in [1.29, 1.82) is 0 Å². The Morgan fingerprint density at radius 3 is 2.68 bits per heavy atom. The molecule has 6 heteroatoms. The highest BCUT2D eigenvalue weighted by atomic mass is 19.1. The Hall–Kier alpha value is -2.41. The van der Waals surface area contributed by atoms with Crippen molar-refractivity contribution in [3.05, 3.63) is 65.1 Å². The van der Waals surface area contributed by atoms with Gasteiger partial charge in [-0.2, -0.15) is 0 Å². The molecule has 2 aromatic carbocycles. The number of hydrogen-bond acceptors (Lipinski definition) is 4. The second kappa shape index (κ2) is 7.93. The van der Waals surface area contributed by atoms with E-state index in [-0.39, 0.29) is 23.9 Å². The van der Waals surface area contributed by atoms with E-state index in [4.69, 9.17) is 4.74 Å². The molecule has 2 N–H and O–H groups in total. The molecule has 1 fully saturated rings. The van der Waals surface area contributed by atoms with Crippen LogP contribution in [0.15, 0.2) is 42.5 Å². The van der Waals surface area contributed by atoms with Gasteiger partial charge in [-0.05, 0) is 49.7 Å². The average molecular weight is 424 g/mol. The van der Waals surface area contributed by atoms with Crippen LogP contribution in [-0.2, 0) is 19.0 Å². The van der Waals surface area contributed by atoms with Crippen LogP contribution in [0.2, 0.25) is 0 Å². The summed E-state index contributed by atoms with van der Waals surface area (Å²) < 4.78 is 21.8. The van der Waals surface area contributed by atoms with E-state index in [2.05, 4.69) is 34.0 Å². The Bertz CT molecular complexity index is 1100. The summed E-state index contributed by atoms with van der Waals surface area (Å²) in [6.45, 7) is 3.42. The van der Waals surface area contributed by atoms with Gasteiger partial charge < -0.3 is 19.7 Å². The zero-order valence-corrected chi connectivity index (χ0v) is 18.2. The third kappa shape index (κ3) is 3.34. The van der Waals surface area contributed by atoms with Crippen molar-refractivity contribution in [3.63, 3.8) is 0 Å². The number of likely N-dealkylation sites (tertiary alicyclic amines) is 1. The molecule has 1 spiro atoms. The third-order valence-electron chi connectivity index (χ3n) is 7.35. The number of hydrogen-bond donors (Lipinski definition) is 2. The van der Waals surface area contributed by atoms with Crippen LogP contribution >= 0.6 is 0 Å². The van der Waals surface area contributed by atoms with Gasteiger partial charge in [0.2, 0.25) is 0 Å². The van der Waals surface area contributed by atoms with Gasteiger partial charge in [-0.1, -0.05) is 18.2 Å². The fourth-order valence-electron chi connectivity index (χ4n) is 5.62. The quantitative estimate of drug-likeness (QED) is 0.675. The number of fused-ring (bicyclic) bond motifs is 4. The minimum absolute atomic E-state index is 0.0147. The van der Waals surface area contributed by atoms with Crippen molar-refractivity contribution in [3.8, 4) is 5.75 Å². The lowest BCUT2D eigenvalue weighted by Crippen LogP contribution is -2.52. The molecule has 2 aliphatic heterocycles. The summed E-state index contributed by atoms with van der Waals surface area (Å²) in [6, 6.07) is 13.3. The minimum atomic E-state index is -0.127. The largest absolute Gasteiger partial charge is 0.497 e. The van der Waals surface area contributed by atoms with E-state index in [1.807, 2.05) is 18.2 Å². The summed E-state index contributed by atoms with van der Waals surface area (Å²) in [5.74, 6) is 0.714. The first-order chi connectivity index (χ1) is 15.1. The molecule has 1 saturated heterocycles. The number of nitrogens with zero attached hydrogens (tertiary/aromatic N) is 2. The van der Waals surface area contributed by atoms with Gasteiger partial charge in [-0.25, -0.2) is 4.39 Å². The van der Waals surface area contributed by atoms with Crippen LogP contribution in [0.5, 0.6) is 5.75 Å². The highest BCUT2D eigenvalue weighted by molar-refractivity contribution is 5.88. The second-order valence-corrected chi connectivity index (χ2v) is 8.97. The smallest absolute Gasteiger partial charge is 0.127 e. The van der Waals surface area contributed by atoms with Gasteiger partial charge >= 0.3 is 0 Å². The highest BCUT2D eigenvalue weighted by Crippen LogP contribution is 2.47. The van der Waals surface area contributed by atoms with Crippen LogP contribution in [0, 0.1) is 5.82 Å². The molecule has 31 heavy (non-hydrogen) atoms. The number of methoxy groups -OCH3 is 1. The maximum Gasteiger partial charge on any atom is 0.127 e. The molecule has 5 nitrogen and oxygen atoms in total. The van der Waals surface area contributed by atoms with Crippen LogP contribution < -0.4 is 10.1 Å². The van der Waals surface area contributed by atoms with Crippen LogP contribution in [0.1, 0.15) is 35.7 Å². The standard InChI is InChI=1S/C25H30FN3O2/c1-28-22-13-18(31-2)7-8-19(22)23-24(28)21(15-30)27-16-25(23)9-11-29(12-10-25)14-17-5-3-4-6-20(17)26/h3-8,13,21,27,30H,9-12,14-16H2,1-2H3/t21-/m1/s1. The summed E-state index contributed by atoms with van der Waals surface area (Å²) in [4.78, 5) is 2.36. The van der Waals surface area contributed by atoms with Crippen molar-refractivity contribution in [2.45, 2.75) is 30.8 Å². The first-order valence-corrected chi connectivity index (χ1v) is 11.0. The van der Waals surface area contributed by atoms with E-state index in [0.717, 1.165) is 49.3 Å². The van der Waals surface area contributed by atoms with Gasteiger partial charge in [0.1, 0.15) is 11.6 Å². The van der Waals surface area contributed by atoms with E-state index in [1.165, 1.54) is 22.7 Å².